The molecule has 1 aliphatic carbocycles. The van der Waals surface area contributed by atoms with Gasteiger partial charge in [0.25, 0.3) is 5.91 Å². The lowest BCUT2D eigenvalue weighted by Gasteiger charge is -2.17. The van der Waals surface area contributed by atoms with Crippen molar-refractivity contribution < 1.29 is 14.4 Å². The molecule has 1 atom stereocenters. The lowest BCUT2D eigenvalue weighted by molar-refractivity contribution is -0.122. The minimum atomic E-state index is -0.451. The third kappa shape index (κ3) is 3.91. The summed E-state index contributed by atoms with van der Waals surface area (Å²) in [6.07, 6.45) is 2.16. The van der Waals surface area contributed by atoms with E-state index >= 15 is 0 Å². The quantitative estimate of drug-likeness (QED) is 0.841. The molecule has 6 nitrogen and oxygen atoms in total. The topological polar surface area (TPSA) is 78.5 Å². The highest BCUT2D eigenvalue weighted by molar-refractivity contribution is 6.07. The second-order valence-corrected chi connectivity index (χ2v) is 7.53. The molecule has 1 saturated heterocycles. The van der Waals surface area contributed by atoms with Crippen LogP contribution in [0.25, 0.3) is 0 Å². The monoisotopic (exact) mass is 377 g/mol. The summed E-state index contributed by atoms with van der Waals surface area (Å²) < 4.78 is 0. The molecule has 1 aliphatic heterocycles. The highest BCUT2D eigenvalue weighted by Crippen LogP contribution is 2.27. The van der Waals surface area contributed by atoms with Crippen LogP contribution >= 0.6 is 0 Å². The fourth-order valence-corrected chi connectivity index (χ4v) is 3.44. The van der Waals surface area contributed by atoms with Gasteiger partial charge >= 0.3 is 0 Å². The predicted molar refractivity (Wildman–Crippen MR) is 107 cm³/mol. The molecular weight excluding hydrogens is 354 g/mol. The van der Waals surface area contributed by atoms with Gasteiger partial charge in [0, 0.05) is 24.7 Å². The van der Waals surface area contributed by atoms with Crippen LogP contribution in [-0.2, 0) is 9.59 Å². The average molecular weight is 377 g/mol. The number of para-hydroxylation sites is 1. The molecular formula is C22H23N3O3. The van der Waals surface area contributed by atoms with Crippen molar-refractivity contribution in [2.45, 2.75) is 32.2 Å². The maximum Gasteiger partial charge on any atom is 0.253 e. The Morgan fingerprint density at radius 2 is 1.86 bits per heavy atom. The summed E-state index contributed by atoms with van der Waals surface area (Å²) >= 11 is 0. The number of nitrogens with one attached hydrogen (secondary N) is 2. The molecule has 0 unspecified atom stereocenters. The van der Waals surface area contributed by atoms with E-state index in [0.717, 1.165) is 24.1 Å². The Morgan fingerprint density at radius 1 is 1.07 bits per heavy atom. The van der Waals surface area contributed by atoms with Crippen molar-refractivity contribution in [1.29, 1.82) is 0 Å². The molecule has 2 aromatic rings. The van der Waals surface area contributed by atoms with Crippen molar-refractivity contribution in [3.8, 4) is 0 Å². The van der Waals surface area contributed by atoms with Gasteiger partial charge in [0.05, 0.1) is 17.2 Å². The lowest BCUT2D eigenvalue weighted by atomic mass is 10.1. The first kappa shape index (κ1) is 18.2. The number of nitrogens with zero attached hydrogens (tertiary/aromatic N) is 1. The molecule has 2 aromatic carbocycles. The van der Waals surface area contributed by atoms with Crippen LogP contribution in [0.1, 0.15) is 35.2 Å². The van der Waals surface area contributed by atoms with Gasteiger partial charge in [-0.15, -0.1) is 0 Å². The number of benzene rings is 2. The molecule has 6 heteroatoms. The van der Waals surface area contributed by atoms with Crippen molar-refractivity contribution >= 4 is 29.1 Å². The Morgan fingerprint density at radius 3 is 2.61 bits per heavy atom. The summed E-state index contributed by atoms with van der Waals surface area (Å²) in [7, 11) is 0. The van der Waals surface area contributed by atoms with Crippen molar-refractivity contribution in [2.24, 2.45) is 5.92 Å². The highest BCUT2D eigenvalue weighted by atomic mass is 16.2. The number of aryl methyl sites for hydroxylation is 1. The van der Waals surface area contributed by atoms with E-state index in [0.29, 0.717) is 17.8 Å². The van der Waals surface area contributed by atoms with Crippen LogP contribution < -0.4 is 15.5 Å². The van der Waals surface area contributed by atoms with Crippen molar-refractivity contribution in [3.63, 3.8) is 0 Å². The van der Waals surface area contributed by atoms with E-state index in [2.05, 4.69) is 10.6 Å². The molecule has 1 saturated carbocycles. The van der Waals surface area contributed by atoms with Gasteiger partial charge in [-0.1, -0.05) is 24.3 Å². The van der Waals surface area contributed by atoms with Crippen molar-refractivity contribution in [3.05, 3.63) is 59.7 Å². The summed E-state index contributed by atoms with van der Waals surface area (Å²) in [5, 5.41) is 5.79. The average Bonchev–Trinajstić information content (AvgIpc) is 3.40. The molecule has 0 bridgehead atoms. The highest BCUT2D eigenvalue weighted by Gasteiger charge is 2.35. The zero-order valence-corrected chi connectivity index (χ0v) is 15.8. The standard InChI is InChI=1S/C22H23N3O3/c1-14-5-4-6-17(11-14)25-13-15(12-20(25)26)21(27)24-19-8-3-2-7-18(19)22(28)23-16-9-10-16/h2-8,11,15-16H,9-10,12-13H2,1H3,(H,23,28)(H,24,27)/t15-/m0/s1. The van der Waals surface area contributed by atoms with E-state index in [1.54, 1.807) is 29.2 Å². The smallest absolute Gasteiger partial charge is 0.253 e. The maximum atomic E-state index is 12.8. The molecule has 28 heavy (non-hydrogen) atoms. The summed E-state index contributed by atoms with van der Waals surface area (Å²) in [6, 6.07) is 14.9. The number of hydrogen-bond donors (Lipinski definition) is 2. The minimum absolute atomic E-state index is 0.0643. The Bertz CT molecular complexity index is 936. The Balaban J connectivity index is 1.46. The number of amides is 3. The largest absolute Gasteiger partial charge is 0.349 e. The molecule has 2 N–H and O–H groups in total. The van der Waals surface area contributed by atoms with Gasteiger partial charge < -0.3 is 15.5 Å². The summed E-state index contributed by atoms with van der Waals surface area (Å²) in [6.45, 7) is 2.31. The van der Waals surface area contributed by atoms with Crippen LogP contribution in [0.2, 0.25) is 0 Å². The van der Waals surface area contributed by atoms with Gasteiger partial charge in [-0.2, -0.15) is 0 Å². The number of rotatable bonds is 5. The van der Waals surface area contributed by atoms with E-state index in [9.17, 15) is 14.4 Å². The van der Waals surface area contributed by atoms with Gasteiger partial charge in [-0.3, -0.25) is 14.4 Å². The minimum Gasteiger partial charge on any atom is -0.349 e. The zero-order chi connectivity index (χ0) is 19.7. The van der Waals surface area contributed by atoms with Crippen LogP contribution in [0.15, 0.2) is 48.5 Å². The van der Waals surface area contributed by atoms with E-state index < -0.39 is 5.92 Å². The van der Waals surface area contributed by atoms with Gasteiger partial charge in [-0.05, 0) is 49.6 Å². The van der Waals surface area contributed by atoms with Crippen LogP contribution in [-0.4, -0.2) is 30.3 Å². The molecule has 144 valence electrons. The summed E-state index contributed by atoms with van der Waals surface area (Å²) in [4.78, 5) is 39.3. The molecule has 4 rings (SSSR count). The second-order valence-electron chi connectivity index (χ2n) is 7.53. The molecule has 3 amide bonds. The van der Waals surface area contributed by atoms with Crippen LogP contribution in [0.3, 0.4) is 0 Å². The number of anilines is 2. The van der Waals surface area contributed by atoms with Crippen molar-refractivity contribution in [1.82, 2.24) is 5.32 Å². The number of carbonyl (C=O) groups is 3. The number of carbonyl (C=O) groups excluding carboxylic acids is 3. The van der Waals surface area contributed by atoms with E-state index in [4.69, 9.17) is 0 Å². The lowest BCUT2D eigenvalue weighted by Crippen LogP contribution is -2.30. The predicted octanol–water partition coefficient (Wildman–Crippen LogP) is 2.88. The first-order valence-electron chi connectivity index (χ1n) is 9.59. The summed E-state index contributed by atoms with van der Waals surface area (Å²) in [5.41, 5.74) is 2.80. The van der Waals surface area contributed by atoms with Gasteiger partial charge in [0.1, 0.15) is 0 Å². The number of hydrogen-bond acceptors (Lipinski definition) is 3. The summed E-state index contributed by atoms with van der Waals surface area (Å²) in [5.74, 6) is -0.935. The van der Waals surface area contributed by atoms with Crippen LogP contribution in [0, 0.1) is 12.8 Å². The third-order valence-electron chi connectivity index (χ3n) is 5.15. The zero-order valence-electron chi connectivity index (χ0n) is 15.8. The van der Waals surface area contributed by atoms with Crippen LogP contribution in [0.4, 0.5) is 11.4 Å². The third-order valence-corrected chi connectivity index (χ3v) is 5.15. The van der Waals surface area contributed by atoms with Crippen LogP contribution in [0.5, 0.6) is 0 Å². The van der Waals surface area contributed by atoms with Gasteiger partial charge in [0.15, 0.2) is 0 Å². The fraction of sp³-hybridized carbons (Fsp3) is 0.318. The molecule has 0 radical (unpaired) electrons. The fourth-order valence-electron chi connectivity index (χ4n) is 3.44. The van der Waals surface area contributed by atoms with E-state index in [1.165, 1.54) is 0 Å². The molecule has 2 fully saturated rings. The second kappa shape index (κ2) is 7.46. The first-order chi connectivity index (χ1) is 13.5. The molecule has 0 aromatic heterocycles. The normalized spacial score (nSPS) is 18.8. The maximum absolute atomic E-state index is 12.8. The Kier molecular flexibility index (Phi) is 4.86. The van der Waals surface area contributed by atoms with Gasteiger partial charge in [-0.25, -0.2) is 0 Å². The SMILES string of the molecule is Cc1cccc(N2C[C@@H](C(=O)Nc3ccccc3C(=O)NC3CC3)CC2=O)c1. The van der Waals surface area contributed by atoms with E-state index in [-0.39, 0.29) is 30.2 Å². The van der Waals surface area contributed by atoms with Crippen molar-refractivity contribution in [2.75, 3.05) is 16.8 Å². The Hall–Kier alpha value is -3.15. The molecule has 0 spiro atoms. The van der Waals surface area contributed by atoms with E-state index in [1.807, 2.05) is 31.2 Å². The van der Waals surface area contributed by atoms with Gasteiger partial charge in [0.2, 0.25) is 11.8 Å². The molecule has 1 heterocycles. The molecule has 2 aliphatic rings. The Labute approximate surface area is 163 Å². The first-order valence-corrected chi connectivity index (χ1v) is 9.59.